The monoisotopic (exact) mass is 428 g/mol. The molecule has 1 aliphatic carbocycles. The Kier molecular flexibility index (Phi) is 6.92. The van der Waals surface area contributed by atoms with Gasteiger partial charge in [0.25, 0.3) is 0 Å². The highest BCUT2D eigenvalue weighted by Crippen LogP contribution is 2.39. The first kappa shape index (κ1) is 22.0. The molecule has 1 aromatic carbocycles. The third kappa shape index (κ3) is 4.56. The van der Waals surface area contributed by atoms with Crippen molar-refractivity contribution in [1.29, 1.82) is 0 Å². The molecule has 2 aromatic rings. The van der Waals surface area contributed by atoms with Gasteiger partial charge < -0.3 is 20.0 Å². The summed E-state index contributed by atoms with van der Waals surface area (Å²) >= 11 is 1.24. The van der Waals surface area contributed by atoms with E-state index in [2.05, 4.69) is 5.32 Å². The Morgan fingerprint density at radius 2 is 1.83 bits per heavy atom. The van der Waals surface area contributed by atoms with E-state index in [1.54, 1.807) is 6.92 Å². The molecule has 1 fully saturated rings. The molecular formula is C23H26NO5S-. The number of hydrogen-bond donors (Lipinski definition) is 1. The zero-order valence-corrected chi connectivity index (χ0v) is 18.3. The number of nitrogens with one attached hydrogen (secondary N) is 1. The Balaban J connectivity index is 1.96. The van der Waals surface area contributed by atoms with Crippen molar-refractivity contribution in [2.45, 2.75) is 46.5 Å². The Bertz CT molecular complexity index is 964. The van der Waals surface area contributed by atoms with Crippen molar-refractivity contribution in [2.75, 3.05) is 11.9 Å². The van der Waals surface area contributed by atoms with Crippen LogP contribution in [0.4, 0.5) is 5.00 Å². The van der Waals surface area contributed by atoms with Crippen molar-refractivity contribution in [3.63, 3.8) is 0 Å². The van der Waals surface area contributed by atoms with Crippen LogP contribution in [0.5, 0.6) is 0 Å². The normalized spacial score (nSPS) is 18.6. The number of carbonyl (C=O) groups is 3. The van der Waals surface area contributed by atoms with Gasteiger partial charge in [0.1, 0.15) is 10.6 Å². The van der Waals surface area contributed by atoms with E-state index >= 15 is 0 Å². The minimum absolute atomic E-state index is 0.212. The standard InChI is InChI=1S/C23H27NO5S/c1-4-29-23(28)19-18(15-10-9-13(2)11-14(15)3)12-30-21(19)24-20(25)16-7-5-6-8-17(16)22(26)27/h9-12,16-17H,4-8H2,1-3H3,(H,24,25)(H,26,27)/p-1/t16-,17-/m1/s1. The van der Waals surface area contributed by atoms with E-state index in [9.17, 15) is 19.5 Å². The van der Waals surface area contributed by atoms with E-state index in [1.807, 2.05) is 37.4 Å². The molecule has 7 heteroatoms. The maximum atomic E-state index is 12.9. The van der Waals surface area contributed by atoms with Crippen LogP contribution in [-0.2, 0) is 14.3 Å². The fraction of sp³-hybridized carbons (Fsp3) is 0.435. The molecule has 1 aromatic heterocycles. The Hall–Kier alpha value is -2.67. The molecule has 0 unspecified atom stereocenters. The quantitative estimate of drug-likeness (QED) is 0.708. The third-order valence-corrected chi connectivity index (χ3v) is 6.48. The van der Waals surface area contributed by atoms with E-state index in [0.29, 0.717) is 29.0 Å². The van der Waals surface area contributed by atoms with Gasteiger partial charge in [-0.3, -0.25) is 4.79 Å². The van der Waals surface area contributed by atoms with Gasteiger partial charge in [0, 0.05) is 28.7 Å². The number of hydrogen-bond acceptors (Lipinski definition) is 6. The summed E-state index contributed by atoms with van der Waals surface area (Å²) in [5, 5.41) is 16.5. The highest BCUT2D eigenvalue weighted by molar-refractivity contribution is 7.15. The number of ether oxygens (including phenoxy) is 1. The third-order valence-electron chi connectivity index (χ3n) is 5.58. The zero-order chi connectivity index (χ0) is 21.8. The van der Waals surface area contributed by atoms with Gasteiger partial charge in [0.15, 0.2) is 0 Å². The van der Waals surface area contributed by atoms with Crippen LogP contribution in [0.25, 0.3) is 11.1 Å². The molecule has 2 atom stereocenters. The lowest BCUT2D eigenvalue weighted by Gasteiger charge is -2.31. The van der Waals surface area contributed by atoms with Crippen LogP contribution in [-0.4, -0.2) is 24.5 Å². The molecule has 160 valence electrons. The molecule has 1 heterocycles. The fourth-order valence-electron chi connectivity index (χ4n) is 4.10. The molecular weight excluding hydrogens is 402 g/mol. The summed E-state index contributed by atoms with van der Waals surface area (Å²) in [4.78, 5) is 37.2. The van der Waals surface area contributed by atoms with Crippen molar-refractivity contribution in [1.82, 2.24) is 0 Å². The fourth-order valence-corrected chi connectivity index (χ4v) is 5.05. The average molecular weight is 429 g/mol. The van der Waals surface area contributed by atoms with Crippen LogP contribution in [0.15, 0.2) is 23.6 Å². The summed E-state index contributed by atoms with van der Waals surface area (Å²) in [6.07, 6.45) is 2.50. The smallest absolute Gasteiger partial charge is 0.341 e. The van der Waals surface area contributed by atoms with E-state index in [-0.39, 0.29) is 12.5 Å². The highest BCUT2D eigenvalue weighted by atomic mass is 32.1. The SMILES string of the molecule is CCOC(=O)c1c(-c2ccc(C)cc2C)csc1NC(=O)[C@@H]1CCCC[C@H]1C(=O)[O-]. The van der Waals surface area contributed by atoms with Crippen LogP contribution in [0.3, 0.4) is 0 Å². The number of aryl methyl sites for hydroxylation is 2. The Morgan fingerprint density at radius 3 is 2.47 bits per heavy atom. The summed E-state index contributed by atoms with van der Waals surface area (Å²) in [7, 11) is 0. The van der Waals surface area contributed by atoms with Crippen molar-refractivity contribution < 1.29 is 24.2 Å². The molecule has 1 N–H and O–H groups in total. The number of benzene rings is 1. The maximum Gasteiger partial charge on any atom is 0.341 e. The number of anilines is 1. The van der Waals surface area contributed by atoms with Crippen LogP contribution in [0.1, 0.15) is 54.1 Å². The maximum absolute atomic E-state index is 12.9. The van der Waals surface area contributed by atoms with E-state index in [0.717, 1.165) is 29.5 Å². The van der Waals surface area contributed by atoms with Crippen molar-refractivity contribution in [2.24, 2.45) is 11.8 Å². The lowest BCUT2D eigenvalue weighted by atomic mass is 9.78. The van der Waals surface area contributed by atoms with E-state index in [4.69, 9.17) is 4.74 Å². The molecule has 30 heavy (non-hydrogen) atoms. The average Bonchev–Trinajstić information content (AvgIpc) is 3.11. The van der Waals surface area contributed by atoms with Gasteiger partial charge in [0.2, 0.25) is 5.91 Å². The molecule has 3 rings (SSSR count). The van der Waals surface area contributed by atoms with Gasteiger partial charge in [0.05, 0.1) is 6.61 Å². The number of thiophene rings is 1. The van der Waals surface area contributed by atoms with Gasteiger partial charge in [-0.2, -0.15) is 0 Å². The second-order valence-corrected chi connectivity index (χ2v) is 8.58. The number of aliphatic carboxylic acids is 1. The molecule has 0 radical (unpaired) electrons. The van der Waals surface area contributed by atoms with Gasteiger partial charge in [-0.15, -0.1) is 11.3 Å². The largest absolute Gasteiger partial charge is 0.550 e. The zero-order valence-electron chi connectivity index (χ0n) is 17.4. The number of carbonyl (C=O) groups excluding carboxylic acids is 3. The lowest BCUT2D eigenvalue weighted by Crippen LogP contribution is -2.42. The molecule has 6 nitrogen and oxygen atoms in total. The number of rotatable bonds is 6. The van der Waals surface area contributed by atoms with Gasteiger partial charge >= 0.3 is 5.97 Å². The summed E-state index contributed by atoms with van der Waals surface area (Å²) in [5.41, 5.74) is 4.03. The molecule has 1 aliphatic rings. The Labute approximate surface area is 180 Å². The van der Waals surface area contributed by atoms with Gasteiger partial charge in [-0.25, -0.2) is 4.79 Å². The van der Waals surface area contributed by atoms with Crippen LogP contribution in [0, 0.1) is 25.7 Å². The topological polar surface area (TPSA) is 95.5 Å². The minimum atomic E-state index is -1.19. The molecule has 0 spiro atoms. The predicted molar refractivity (Wildman–Crippen MR) is 114 cm³/mol. The Morgan fingerprint density at radius 1 is 1.13 bits per heavy atom. The second-order valence-electron chi connectivity index (χ2n) is 7.70. The first-order valence-electron chi connectivity index (χ1n) is 10.2. The summed E-state index contributed by atoms with van der Waals surface area (Å²) < 4.78 is 5.25. The first-order chi connectivity index (χ1) is 14.3. The second kappa shape index (κ2) is 9.43. The summed E-state index contributed by atoms with van der Waals surface area (Å²) in [5.74, 6) is -3.55. The number of carboxylic acid groups (broad SMARTS) is 1. The molecule has 0 saturated heterocycles. The van der Waals surface area contributed by atoms with Gasteiger partial charge in [-0.1, -0.05) is 36.6 Å². The number of carboxylic acids is 1. The summed E-state index contributed by atoms with van der Waals surface area (Å²) in [6.45, 7) is 5.91. The first-order valence-corrected chi connectivity index (χ1v) is 11.1. The molecule has 1 saturated carbocycles. The lowest BCUT2D eigenvalue weighted by molar-refractivity contribution is -0.313. The van der Waals surface area contributed by atoms with Crippen LogP contribution in [0.2, 0.25) is 0 Å². The van der Waals surface area contributed by atoms with E-state index in [1.165, 1.54) is 11.3 Å². The number of amides is 1. The van der Waals surface area contributed by atoms with Gasteiger partial charge in [-0.05, 0) is 44.7 Å². The molecule has 0 aliphatic heterocycles. The minimum Gasteiger partial charge on any atom is -0.550 e. The molecule has 0 bridgehead atoms. The van der Waals surface area contributed by atoms with Crippen molar-refractivity contribution >= 4 is 34.2 Å². The van der Waals surface area contributed by atoms with Crippen molar-refractivity contribution in [3.05, 3.63) is 40.3 Å². The summed E-state index contributed by atoms with van der Waals surface area (Å²) in [6, 6.07) is 5.96. The molecule has 1 amide bonds. The van der Waals surface area contributed by atoms with Crippen LogP contribution < -0.4 is 10.4 Å². The van der Waals surface area contributed by atoms with E-state index < -0.39 is 23.8 Å². The highest BCUT2D eigenvalue weighted by Gasteiger charge is 2.33. The number of esters is 1. The predicted octanol–water partition coefficient (Wildman–Crippen LogP) is 3.70. The van der Waals surface area contributed by atoms with Crippen LogP contribution >= 0.6 is 11.3 Å². The van der Waals surface area contributed by atoms with Crippen molar-refractivity contribution in [3.8, 4) is 11.1 Å².